The molecular formula is C16H32IN3O2. The molecule has 2 aliphatic rings. The molecule has 1 unspecified atom stereocenters. The molecule has 0 aromatic carbocycles. The molecule has 1 saturated heterocycles. The van der Waals surface area contributed by atoms with E-state index in [9.17, 15) is 0 Å². The van der Waals surface area contributed by atoms with Gasteiger partial charge < -0.3 is 20.1 Å². The number of rotatable bonds is 7. The zero-order valence-corrected chi connectivity index (χ0v) is 16.4. The van der Waals surface area contributed by atoms with Gasteiger partial charge in [0.05, 0.1) is 6.10 Å². The molecule has 0 aromatic rings. The van der Waals surface area contributed by atoms with Gasteiger partial charge in [-0.15, -0.1) is 24.0 Å². The largest absolute Gasteiger partial charge is 0.385 e. The van der Waals surface area contributed by atoms with E-state index in [0.29, 0.717) is 11.5 Å². The monoisotopic (exact) mass is 425 g/mol. The van der Waals surface area contributed by atoms with Crippen molar-refractivity contribution in [3.05, 3.63) is 0 Å². The van der Waals surface area contributed by atoms with E-state index in [1.54, 1.807) is 7.11 Å². The smallest absolute Gasteiger partial charge is 0.191 e. The predicted octanol–water partition coefficient (Wildman–Crippen LogP) is 2.55. The lowest BCUT2D eigenvalue weighted by Crippen LogP contribution is -2.45. The van der Waals surface area contributed by atoms with Gasteiger partial charge in [0.2, 0.25) is 0 Å². The van der Waals surface area contributed by atoms with Gasteiger partial charge in [-0.3, -0.25) is 4.99 Å². The molecule has 6 heteroatoms. The molecular weight excluding hydrogens is 393 g/mol. The van der Waals surface area contributed by atoms with Gasteiger partial charge in [-0.25, -0.2) is 0 Å². The minimum atomic E-state index is 0. The number of guanidine groups is 1. The summed E-state index contributed by atoms with van der Waals surface area (Å²) in [6, 6.07) is 0. The first kappa shape index (κ1) is 20.0. The molecule has 1 saturated carbocycles. The van der Waals surface area contributed by atoms with Crippen LogP contribution >= 0.6 is 24.0 Å². The first-order valence-corrected chi connectivity index (χ1v) is 8.33. The molecule has 22 heavy (non-hydrogen) atoms. The fourth-order valence-corrected chi connectivity index (χ4v) is 3.47. The summed E-state index contributed by atoms with van der Waals surface area (Å²) in [5.41, 5.74) is 0.386. The van der Waals surface area contributed by atoms with Gasteiger partial charge in [0.25, 0.3) is 0 Å². The highest BCUT2D eigenvalue weighted by Crippen LogP contribution is 2.40. The summed E-state index contributed by atoms with van der Waals surface area (Å²) in [7, 11) is 3.62. The molecule has 130 valence electrons. The lowest BCUT2D eigenvalue weighted by Gasteiger charge is -2.30. The van der Waals surface area contributed by atoms with Gasteiger partial charge in [0.1, 0.15) is 0 Å². The van der Waals surface area contributed by atoms with E-state index in [1.807, 2.05) is 7.05 Å². The molecule has 1 atom stereocenters. The molecule has 0 aromatic heterocycles. The van der Waals surface area contributed by atoms with Crippen molar-refractivity contribution < 1.29 is 9.47 Å². The standard InChI is InChI=1S/C16H31N3O2.HI/c1-17-15(18-12-14-6-5-10-21-14)19-13-16(9-11-20-2)7-3-4-8-16;/h14H,3-13H2,1-2H3,(H2,17,18,19);1H. The van der Waals surface area contributed by atoms with Crippen LogP contribution in [0.25, 0.3) is 0 Å². The van der Waals surface area contributed by atoms with Gasteiger partial charge in [0.15, 0.2) is 5.96 Å². The van der Waals surface area contributed by atoms with Crippen molar-refractivity contribution in [1.82, 2.24) is 10.6 Å². The van der Waals surface area contributed by atoms with Crippen LogP contribution in [0.3, 0.4) is 0 Å². The van der Waals surface area contributed by atoms with Gasteiger partial charge in [-0.05, 0) is 37.5 Å². The maximum atomic E-state index is 5.64. The average molecular weight is 425 g/mol. The Labute approximate surface area is 152 Å². The van der Waals surface area contributed by atoms with Crippen molar-refractivity contribution in [2.24, 2.45) is 10.4 Å². The molecule has 0 radical (unpaired) electrons. The number of methoxy groups -OCH3 is 1. The molecule has 0 amide bonds. The van der Waals surface area contributed by atoms with Crippen LogP contribution in [0.2, 0.25) is 0 Å². The highest BCUT2D eigenvalue weighted by Gasteiger charge is 2.33. The normalized spacial score (nSPS) is 24.1. The van der Waals surface area contributed by atoms with Gasteiger partial charge >= 0.3 is 0 Å². The summed E-state index contributed by atoms with van der Waals surface area (Å²) in [4.78, 5) is 4.33. The highest BCUT2D eigenvalue weighted by molar-refractivity contribution is 14.0. The Balaban J connectivity index is 0.00000242. The van der Waals surface area contributed by atoms with E-state index < -0.39 is 0 Å². The molecule has 2 N–H and O–H groups in total. The van der Waals surface area contributed by atoms with Gasteiger partial charge in [-0.1, -0.05) is 12.8 Å². The van der Waals surface area contributed by atoms with Crippen LogP contribution in [0, 0.1) is 5.41 Å². The van der Waals surface area contributed by atoms with E-state index in [2.05, 4.69) is 15.6 Å². The molecule has 0 bridgehead atoms. The molecule has 1 heterocycles. The van der Waals surface area contributed by atoms with Crippen molar-refractivity contribution in [2.75, 3.05) is 40.5 Å². The molecule has 2 fully saturated rings. The highest BCUT2D eigenvalue weighted by atomic mass is 127. The Bertz CT molecular complexity index is 327. The summed E-state index contributed by atoms with van der Waals surface area (Å²) in [6.45, 7) is 3.59. The van der Waals surface area contributed by atoms with Crippen molar-refractivity contribution >= 4 is 29.9 Å². The summed E-state index contributed by atoms with van der Waals surface area (Å²) < 4.78 is 10.9. The SMILES string of the molecule is CN=C(NCC1CCCO1)NCC1(CCOC)CCCC1.I. The predicted molar refractivity (Wildman–Crippen MR) is 101 cm³/mol. The Hall–Kier alpha value is -0.0800. The van der Waals surface area contributed by atoms with Crippen LogP contribution in [-0.4, -0.2) is 52.5 Å². The Morgan fingerprint density at radius 1 is 1.27 bits per heavy atom. The zero-order valence-electron chi connectivity index (χ0n) is 14.0. The number of nitrogens with one attached hydrogen (secondary N) is 2. The third kappa shape index (κ3) is 6.20. The quantitative estimate of drug-likeness (QED) is 0.374. The molecule has 5 nitrogen and oxygen atoms in total. The second-order valence-electron chi connectivity index (χ2n) is 6.39. The number of ether oxygens (including phenoxy) is 2. The Morgan fingerprint density at radius 2 is 2.05 bits per heavy atom. The van der Waals surface area contributed by atoms with E-state index >= 15 is 0 Å². The van der Waals surface area contributed by atoms with Crippen molar-refractivity contribution in [3.8, 4) is 0 Å². The van der Waals surface area contributed by atoms with Crippen LogP contribution < -0.4 is 10.6 Å². The number of aliphatic imine (C=N–C) groups is 1. The minimum absolute atomic E-state index is 0. The summed E-state index contributed by atoms with van der Waals surface area (Å²) in [5.74, 6) is 0.897. The van der Waals surface area contributed by atoms with E-state index in [0.717, 1.165) is 45.1 Å². The Morgan fingerprint density at radius 3 is 2.64 bits per heavy atom. The fraction of sp³-hybridized carbons (Fsp3) is 0.938. The van der Waals surface area contributed by atoms with Gasteiger partial charge in [0, 0.05) is 40.5 Å². The van der Waals surface area contributed by atoms with Crippen LogP contribution in [0.1, 0.15) is 44.9 Å². The van der Waals surface area contributed by atoms with E-state index in [4.69, 9.17) is 9.47 Å². The lowest BCUT2D eigenvalue weighted by molar-refractivity contribution is 0.113. The molecule has 0 spiro atoms. The summed E-state index contributed by atoms with van der Waals surface area (Å²) in [6.07, 6.45) is 9.09. The maximum absolute atomic E-state index is 5.64. The van der Waals surface area contributed by atoms with Crippen LogP contribution in [0.4, 0.5) is 0 Å². The molecule has 1 aliphatic heterocycles. The third-order valence-corrected chi connectivity index (χ3v) is 4.88. The first-order chi connectivity index (χ1) is 10.3. The second kappa shape index (κ2) is 10.6. The van der Waals surface area contributed by atoms with Crippen LogP contribution in [-0.2, 0) is 9.47 Å². The number of nitrogens with zero attached hydrogens (tertiary/aromatic N) is 1. The fourth-order valence-electron chi connectivity index (χ4n) is 3.47. The number of hydrogen-bond acceptors (Lipinski definition) is 3. The first-order valence-electron chi connectivity index (χ1n) is 8.33. The van der Waals surface area contributed by atoms with Crippen molar-refractivity contribution in [2.45, 2.75) is 51.0 Å². The topological polar surface area (TPSA) is 54.9 Å². The third-order valence-electron chi connectivity index (χ3n) is 4.88. The van der Waals surface area contributed by atoms with Crippen molar-refractivity contribution in [3.63, 3.8) is 0 Å². The maximum Gasteiger partial charge on any atom is 0.191 e. The van der Waals surface area contributed by atoms with Crippen molar-refractivity contribution in [1.29, 1.82) is 0 Å². The summed E-state index contributed by atoms with van der Waals surface area (Å²) in [5, 5.41) is 6.90. The van der Waals surface area contributed by atoms with E-state index in [-0.39, 0.29) is 24.0 Å². The molecule has 1 aliphatic carbocycles. The van der Waals surface area contributed by atoms with Crippen LogP contribution in [0.15, 0.2) is 4.99 Å². The minimum Gasteiger partial charge on any atom is -0.385 e. The number of hydrogen-bond donors (Lipinski definition) is 2. The lowest BCUT2D eigenvalue weighted by atomic mass is 9.83. The Kier molecular flexibility index (Phi) is 9.66. The zero-order chi connectivity index (χ0) is 15.0. The van der Waals surface area contributed by atoms with Gasteiger partial charge in [-0.2, -0.15) is 0 Å². The van der Waals surface area contributed by atoms with Crippen LogP contribution in [0.5, 0.6) is 0 Å². The average Bonchev–Trinajstić information content (AvgIpc) is 3.17. The summed E-state index contributed by atoms with van der Waals surface area (Å²) >= 11 is 0. The van der Waals surface area contributed by atoms with E-state index in [1.165, 1.54) is 32.1 Å². The molecule has 2 rings (SSSR count). The number of halogens is 1. The second-order valence-corrected chi connectivity index (χ2v) is 6.39.